The molecule has 2 N–H and O–H groups in total. The van der Waals surface area contributed by atoms with Gasteiger partial charge >= 0.3 is 0 Å². The van der Waals surface area contributed by atoms with Crippen LogP contribution >= 0.6 is 0 Å². The molecule has 0 radical (unpaired) electrons. The van der Waals surface area contributed by atoms with Crippen LogP contribution in [0, 0.1) is 0 Å². The Labute approximate surface area is 105 Å². The van der Waals surface area contributed by atoms with Crippen molar-refractivity contribution in [3.05, 3.63) is 0 Å². The minimum atomic E-state index is 0.0926. The molecule has 0 aromatic heterocycles. The molecule has 0 bridgehead atoms. The Balaban J connectivity index is 3.50. The van der Waals surface area contributed by atoms with E-state index in [9.17, 15) is 9.59 Å². The highest BCUT2D eigenvalue weighted by Gasteiger charge is 2.06. The summed E-state index contributed by atoms with van der Waals surface area (Å²) in [5.41, 5.74) is 0. The number of nitrogens with one attached hydrogen (secondary N) is 2. The molecule has 0 spiro atoms. The van der Waals surface area contributed by atoms with Gasteiger partial charge in [-0.15, -0.1) is 0 Å². The van der Waals surface area contributed by atoms with Crippen molar-refractivity contribution in [3.8, 4) is 0 Å². The van der Waals surface area contributed by atoms with Crippen molar-refractivity contribution in [1.82, 2.24) is 10.6 Å². The topological polar surface area (TPSA) is 58.2 Å². The molecule has 17 heavy (non-hydrogen) atoms. The Hall–Kier alpha value is -1.06. The fourth-order valence-electron chi connectivity index (χ4n) is 1.58. The van der Waals surface area contributed by atoms with E-state index < -0.39 is 0 Å². The number of rotatable bonds is 8. The van der Waals surface area contributed by atoms with E-state index >= 15 is 0 Å². The van der Waals surface area contributed by atoms with Gasteiger partial charge in [0.25, 0.3) is 0 Å². The molecule has 2 amide bonds. The minimum Gasteiger partial charge on any atom is -0.354 e. The maximum atomic E-state index is 11.3. The number of hydrogen-bond donors (Lipinski definition) is 2. The Kier molecular flexibility index (Phi) is 8.46. The molecule has 100 valence electrons. The van der Waals surface area contributed by atoms with Crippen molar-refractivity contribution in [2.24, 2.45) is 0 Å². The zero-order valence-corrected chi connectivity index (χ0v) is 11.5. The van der Waals surface area contributed by atoms with Gasteiger partial charge in [0.1, 0.15) is 0 Å². The van der Waals surface area contributed by atoms with Crippen molar-refractivity contribution in [2.45, 2.75) is 71.9 Å². The van der Waals surface area contributed by atoms with E-state index in [1.165, 1.54) is 0 Å². The number of carbonyl (C=O) groups excluding carboxylic acids is 2. The van der Waals surface area contributed by atoms with E-state index in [2.05, 4.69) is 10.6 Å². The summed E-state index contributed by atoms with van der Waals surface area (Å²) in [7, 11) is 0. The van der Waals surface area contributed by atoms with Crippen LogP contribution in [0.3, 0.4) is 0 Å². The second-order valence-electron chi connectivity index (χ2n) is 4.79. The molecule has 0 heterocycles. The molecule has 1 unspecified atom stereocenters. The van der Waals surface area contributed by atoms with Gasteiger partial charge in [0.05, 0.1) is 0 Å². The lowest BCUT2D eigenvalue weighted by atomic mass is 10.1. The molecule has 4 heteroatoms. The fourth-order valence-corrected chi connectivity index (χ4v) is 1.58. The molecule has 0 aliphatic heterocycles. The van der Waals surface area contributed by atoms with Crippen LogP contribution < -0.4 is 10.6 Å². The summed E-state index contributed by atoms with van der Waals surface area (Å²) in [5.74, 6) is 0.209. The summed E-state index contributed by atoms with van der Waals surface area (Å²) < 4.78 is 0. The molecular formula is C13H26N2O2. The molecular weight excluding hydrogens is 216 g/mol. The van der Waals surface area contributed by atoms with Crippen LogP contribution in [0.25, 0.3) is 0 Å². The summed E-state index contributed by atoms with van der Waals surface area (Å²) in [5, 5.41) is 5.77. The average molecular weight is 242 g/mol. The molecule has 0 saturated heterocycles. The number of hydrogen-bond acceptors (Lipinski definition) is 2. The molecule has 0 aliphatic carbocycles. The van der Waals surface area contributed by atoms with Gasteiger partial charge in [-0.05, 0) is 33.6 Å². The van der Waals surface area contributed by atoms with E-state index in [4.69, 9.17) is 0 Å². The van der Waals surface area contributed by atoms with Crippen LogP contribution in [0.5, 0.6) is 0 Å². The monoisotopic (exact) mass is 242 g/mol. The quantitative estimate of drug-likeness (QED) is 0.639. The van der Waals surface area contributed by atoms with E-state index in [0.29, 0.717) is 12.8 Å². The Bertz CT molecular complexity index is 240. The largest absolute Gasteiger partial charge is 0.354 e. The molecule has 1 atom stereocenters. The molecule has 0 saturated carbocycles. The molecule has 4 nitrogen and oxygen atoms in total. The van der Waals surface area contributed by atoms with Crippen molar-refractivity contribution < 1.29 is 9.59 Å². The zero-order chi connectivity index (χ0) is 13.3. The van der Waals surface area contributed by atoms with Gasteiger partial charge in [0, 0.05) is 24.9 Å². The molecule has 0 fully saturated rings. The van der Waals surface area contributed by atoms with Crippen LogP contribution in [0.4, 0.5) is 0 Å². The van der Waals surface area contributed by atoms with Gasteiger partial charge in [0.2, 0.25) is 11.8 Å². The lowest BCUT2D eigenvalue weighted by molar-refractivity contribution is -0.122. The van der Waals surface area contributed by atoms with Crippen LogP contribution in [0.1, 0.15) is 59.8 Å². The summed E-state index contributed by atoms with van der Waals surface area (Å²) in [6.45, 7) is 7.76. The SMILES string of the molecule is CCC(=O)NC(C)CCCCC(=O)NC(C)C. The van der Waals surface area contributed by atoms with Gasteiger partial charge in [-0.2, -0.15) is 0 Å². The lowest BCUT2D eigenvalue weighted by Crippen LogP contribution is -2.32. The van der Waals surface area contributed by atoms with Crippen molar-refractivity contribution in [3.63, 3.8) is 0 Å². The summed E-state index contributed by atoms with van der Waals surface area (Å²) >= 11 is 0. The molecule has 0 aromatic rings. The van der Waals surface area contributed by atoms with Crippen molar-refractivity contribution >= 4 is 11.8 Å². The third-order valence-electron chi connectivity index (χ3n) is 2.47. The number of unbranched alkanes of at least 4 members (excludes halogenated alkanes) is 1. The number of amides is 2. The zero-order valence-electron chi connectivity index (χ0n) is 11.5. The first-order valence-electron chi connectivity index (χ1n) is 6.54. The Morgan fingerprint density at radius 1 is 1.00 bits per heavy atom. The predicted octanol–water partition coefficient (Wildman–Crippen LogP) is 1.99. The van der Waals surface area contributed by atoms with Crippen LogP contribution in [-0.4, -0.2) is 23.9 Å². The highest BCUT2D eigenvalue weighted by molar-refractivity contribution is 5.76. The van der Waals surface area contributed by atoms with Crippen LogP contribution in [0.15, 0.2) is 0 Å². The van der Waals surface area contributed by atoms with Gasteiger partial charge in [-0.25, -0.2) is 0 Å². The molecule has 0 aliphatic rings. The number of carbonyl (C=O) groups is 2. The Morgan fingerprint density at radius 3 is 2.18 bits per heavy atom. The Morgan fingerprint density at radius 2 is 1.65 bits per heavy atom. The van der Waals surface area contributed by atoms with Crippen molar-refractivity contribution in [1.29, 1.82) is 0 Å². The normalized spacial score (nSPS) is 12.3. The highest BCUT2D eigenvalue weighted by Crippen LogP contribution is 2.04. The first kappa shape index (κ1) is 15.9. The highest BCUT2D eigenvalue weighted by atomic mass is 16.2. The maximum Gasteiger partial charge on any atom is 0.220 e. The van der Waals surface area contributed by atoms with E-state index in [1.54, 1.807) is 0 Å². The van der Waals surface area contributed by atoms with Crippen molar-refractivity contribution in [2.75, 3.05) is 0 Å². The van der Waals surface area contributed by atoms with E-state index in [1.807, 2.05) is 27.7 Å². The second kappa shape index (κ2) is 9.02. The van der Waals surface area contributed by atoms with Crippen LogP contribution in [-0.2, 0) is 9.59 Å². The standard InChI is InChI=1S/C13H26N2O2/c1-5-12(16)15-11(4)8-6-7-9-13(17)14-10(2)3/h10-11H,5-9H2,1-4H3,(H,14,17)(H,15,16). The molecule has 0 aromatic carbocycles. The third kappa shape index (κ3) is 9.85. The first-order chi connectivity index (χ1) is 7.95. The lowest BCUT2D eigenvalue weighted by Gasteiger charge is -2.13. The predicted molar refractivity (Wildman–Crippen MR) is 69.6 cm³/mol. The van der Waals surface area contributed by atoms with Crippen LogP contribution in [0.2, 0.25) is 0 Å². The summed E-state index contributed by atoms with van der Waals surface area (Å²) in [6, 6.07) is 0.417. The fraction of sp³-hybridized carbons (Fsp3) is 0.846. The smallest absolute Gasteiger partial charge is 0.220 e. The summed E-state index contributed by atoms with van der Waals surface area (Å²) in [4.78, 5) is 22.5. The minimum absolute atomic E-state index is 0.0926. The van der Waals surface area contributed by atoms with Gasteiger partial charge in [-0.1, -0.05) is 13.3 Å². The van der Waals surface area contributed by atoms with E-state index in [0.717, 1.165) is 19.3 Å². The molecule has 0 rings (SSSR count). The van der Waals surface area contributed by atoms with E-state index in [-0.39, 0.29) is 23.9 Å². The van der Waals surface area contributed by atoms with Gasteiger partial charge in [-0.3, -0.25) is 9.59 Å². The first-order valence-corrected chi connectivity index (χ1v) is 6.54. The van der Waals surface area contributed by atoms with Gasteiger partial charge in [0.15, 0.2) is 0 Å². The van der Waals surface area contributed by atoms with Gasteiger partial charge < -0.3 is 10.6 Å². The second-order valence-corrected chi connectivity index (χ2v) is 4.79. The average Bonchev–Trinajstić information content (AvgIpc) is 2.23. The maximum absolute atomic E-state index is 11.3. The summed E-state index contributed by atoms with van der Waals surface area (Å²) in [6.07, 6.45) is 3.88. The third-order valence-corrected chi connectivity index (χ3v) is 2.47.